The monoisotopic (exact) mass is 448 g/mol. The summed E-state index contributed by atoms with van der Waals surface area (Å²) in [6.07, 6.45) is -2.01. The van der Waals surface area contributed by atoms with E-state index in [4.69, 9.17) is 0 Å². The third-order valence-electron chi connectivity index (χ3n) is 5.69. The number of rotatable bonds is 6. The van der Waals surface area contributed by atoms with Crippen LogP contribution in [0.4, 0.5) is 13.2 Å². The Morgan fingerprint density at radius 3 is 2.35 bits per heavy atom. The molecular formula is C25H27F3O2S. The zero-order chi connectivity index (χ0) is 22.8. The van der Waals surface area contributed by atoms with Crippen molar-refractivity contribution >= 4 is 23.1 Å². The lowest BCUT2D eigenvalue weighted by molar-refractivity contribution is -0.137. The number of Topliss-reactive ketones (excluding diaryl/α,β-unsaturated/α-hetero) is 1. The molecule has 2 aromatic rings. The minimum Gasteiger partial charge on any atom is -0.512 e. The fraction of sp³-hybridized carbons (Fsp3) is 0.400. The number of ketones is 1. The van der Waals surface area contributed by atoms with E-state index < -0.39 is 11.7 Å². The number of alkyl halides is 3. The minimum atomic E-state index is -4.33. The molecule has 31 heavy (non-hydrogen) atoms. The van der Waals surface area contributed by atoms with Gasteiger partial charge in [-0.05, 0) is 79.3 Å². The second kappa shape index (κ2) is 9.51. The Morgan fingerprint density at radius 1 is 1.10 bits per heavy atom. The molecule has 0 saturated carbocycles. The Bertz CT molecular complexity index is 991. The smallest absolute Gasteiger partial charge is 0.416 e. The van der Waals surface area contributed by atoms with E-state index in [1.165, 1.54) is 23.9 Å². The van der Waals surface area contributed by atoms with Crippen LogP contribution < -0.4 is 0 Å². The van der Waals surface area contributed by atoms with Crippen LogP contribution in [0.3, 0.4) is 0 Å². The summed E-state index contributed by atoms with van der Waals surface area (Å²) in [5.74, 6) is 0.835. The van der Waals surface area contributed by atoms with Crippen LogP contribution in [0.1, 0.15) is 54.0 Å². The number of thioether (sulfide) groups is 1. The zero-order valence-corrected chi connectivity index (χ0v) is 18.8. The molecule has 1 aliphatic carbocycles. The second-order valence-electron chi connectivity index (χ2n) is 8.15. The number of benzene rings is 2. The Morgan fingerprint density at radius 2 is 1.77 bits per heavy atom. The van der Waals surface area contributed by atoms with Gasteiger partial charge in [0, 0.05) is 17.7 Å². The zero-order valence-electron chi connectivity index (χ0n) is 18.0. The Hall–Kier alpha value is -2.21. The summed E-state index contributed by atoms with van der Waals surface area (Å²) in [5, 5.41) is 10.7. The number of aryl methyl sites for hydroxylation is 3. The van der Waals surface area contributed by atoms with E-state index in [2.05, 4.69) is 6.07 Å². The molecule has 2 nitrogen and oxygen atoms in total. The van der Waals surface area contributed by atoms with E-state index in [0.29, 0.717) is 30.6 Å². The van der Waals surface area contributed by atoms with Crippen LogP contribution in [-0.2, 0) is 17.4 Å². The van der Waals surface area contributed by atoms with Gasteiger partial charge in [-0.15, -0.1) is 11.8 Å². The van der Waals surface area contributed by atoms with Gasteiger partial charge < -0.3 is 5.11 Å². The number of allylic oxidation sites excluding steroid dienone is 2. The summed E-state index contributed by atoms with van der Waals surface area (Å²) < 4.78 is 38.0. The molecule has 6 heteroatoms. The molecule has 0 radical (unpaired) electrons. The molecule has 0 fully saturated rings. The van der Waals surface area contributed by atoms with E-state index in [9.17, 15) is 23.1 Å². The van der Waals surface area contributed by atoms with Crippen molar-refractivity contribution in [3.05, 3.63) is 70.0 Å². The number of hydrogen-bond donors (Lipinski definition) is 1. The summed E-state index contributed by atoms with van der Waals surface area (Å²) >= 11 is 1.47. The summed E-state index contributed by atoms with van der Waals surface area (Å²) in [6.45, 7) is 6.04. The third kappa shape index (κ3) is 5.53. The average molecular weight is 449 g/mol. The topological polar surface area (TPSA) is 37.3 Å². The van der Waals surface area contributed by atoms with Crippen molar-refractivity contribution in [2.24, 2.45) is 5.92 Å². The van der Waals surface area contributed by atoms with Gasteiger partial charge in [-0.3, -0.25) is 4.79 Å². The SMILES string of the molecule is CCc1cc(C)cc(C)c1C1=C(O)CC(CCSc2ccc(C(F)(F)F)cc2)CC1=O. The first-order valence-corrected chi connectivity index (χ1v) is 11.4. The number of aliphatic hydroxyl groups excluding tert-OH is 1. The number of aliphatic hydroxyl groups is 1. The van der Waals surface area contributed by atoms with E-state index in [-0.39, 0.29) is 17.5 Å². The fourth-order valence-corrected chi connectivity index (χ4v) is 5.25. The highest BCUT2D eigenvalue weighted by molar-refractivity contribution is 7.99. The largest absolute Gasteiger partial charge is 0.512 e. The lowest BCUT2D eigenvalue weighted by atomic mass is 9.80. The first-order valence-electron chi connectivity index (χ1n) is 10.5. The van der Waals surface area contributed by atoms with Crippen LogP contribution in [0, 0.1) is 19.8 Å². The average Bonchev–Trinajstić information content (AvgIpc) is 2.68. The van der Waals surface area contributed by atoms with Gasteiger partial charge >= 0.3 is 6.18 Å². The van der Waals surface area contributed by atoms with Crippen LogP contribution in [0.15, 0.2) is 47.1 Å². The van der Waals surface area contributed by atoms with Gasteiger partial charge in [0.25, 0.3) is 0 Å². The van der Waals surface area contributed by atoms with Crippen molar-refractivity contribution in [3.8, 4) is 0 Å². The van der Waals surface area contributed by atoms with E-state index in [1.54, 1.807) is 0 Å². The quantitative estimate of drug-likeness (QED) is 0.471. The normalized spacial score (nSPS) is 17.4. The minimum absolute atomic E-state index is 0.0325. The van der Waals surface area contributed by atoms with Gasteiger partial charge in [0.2, 0.25) is 0 Å². The predicted molar refractivity (Wildman–Crippen MR) is 119 cm³/mol. The molecule has 2 aromatic carbocycles. The molecule has 0 saturated heterocycles. The van der Waals surface area contributed by atoms with Crippen molar-refractivity contribution in [3.63, 3.8) is 0 Å². The molecule has 0 aliphatic heterocycles. The molecule has 1 atom stereocenters. The molecule has 0 bridgehead atoms. The third-order valence-corrected chi connectivity index (χ3v) is 6.74. The Balaban J connectivity index is 1.66. The lowest BCUT2D eigenvalue weighted by Gasteiger charge is -2.25. The van der Waals surface area contributed by atoms with Crippen molar-refractivity contribution in [1.82, 2.24) is 0 Å². The molecule has 0 heterocycles. The number of carbonyl (C=O) groups excluding carboxylic acids is 1. The summed E-state index contributed by atoms with van der Waals surface area (Å²) in [5.41, 5.74) is 3.88. The van der Waals surface area contributed by atoms with Crippen molar-refractivity contribution in [1.29, 1.82) is 0 Å². The van der Waals surface area contributed by atoms with E-state index in [1.807, 2.05) is 26.8 Å². The first-order chi connectivity index (χ1) is 14.6. The summed E-state index contributed by atoms with van der Waals surface area (Å²) in [7, 11) is 0. The van der Waals surface area contributed by atoms with E-state index >= 15 is 0 Å². The molecule has 0 aromatic heterocycles. The van der Waals surface area contributed by atoms with E-state index in [0.717, 1.165) is 45.7 Å². The van der Waals surface area contributed by atoms with Gasteiger partial charge in [0.05, 0.1) is 11.1 Å². The predicted octanol–water partition coefficient (Wildman–Crippen LogP) is 7.32. The number of halogens is 3. The molecule has 3 rings (SSSR count). The first kappa shape index (κ1) is 23.5. The standard InChI is InChI=1S/C25H27F3O2S/c1-4-18-12-15(2)11-16(3)23(18)24-21(29)13-17(14-22(24)30)9-10-31-20-7-5-19(6-8-20)25(26,27)28/h5-8,11-12,17,29H,4,9-10,13-14H2,1-3H3. The van der Waals surface area contributed by atoms with Crippen molar-refractivity contribution in [2.75, 3.05) is 5.75 Å². The second-order valence-corrected chi connectivity index (χ2v) is 9.32. The molecule has 0 spiro atoms. The maximum Gasteiger partial charge on any atom is 0.416 e. The highest BCUT2D eigenvalue weighted by atomic mass is 32.2. The van der Waals surface area contributed by atoms with Gasteiger partial charge in [-0.1, -0.05) is 24.6 Å². The van der Waals surface area contributed by atoms with Gasteiger partial charge in [0.15, 0.2) is 5.78 Å². The molecule has 1 N–H and O–H groups in total. The molecule has 1 unspecified atom stereocenters. The summed E-state index contributed by atoms with van der Waals surface area (Å²) in [4.78, 5) is 13.7. The van der Waals surface area contributed by atoms with Crippen LogP contribution in [0.5, 0.6) is 0 Å². The molecule has 0 amide bonds. The van der Waals surface area contributed by atoms with Gasteiger partial charge in [-0.2, -0.15) is 13.2 Å². The molecule has 166 valence electrons. The Labute approximate surface area is 185 Å². The van der Waals surface area contributed by atoms with Crippen LogP contribution in [0.25, 0.3) is 5.57 Å². The van der Waals surface area contributed by atoms with Gasteiger partial charge in [-0.25, -0.2) is 0 Å². The Kier molecular flexibility index (Phi) is 7.20. The van der Waals surface area contributed by atoms with Crippen molar-refractivity contribution < 1.29 is 23.1 Å². The highest BCUT2D eigenvalue weighted by Crippen LogP contribution is 2.38. The summed E-state index contributed by atoms with van der Waals surface area (Å²) in [6, 6.07) is 9.23. The molecule has 1 aliphatic rings. The highest BCUT2D eigenvalue weighted by Gasteiger charge is 2.31. The maximum absolute atomic E-state index is 13.0. The fourth-order valence-electron chi connectivity index (χ4n) is 4.24. The molecular weight excluding hydrogens is 421 g/mol. The number of hydrogen-bond acceptors (Lipinski definition) is 3. The van der Waals surface area contributed by atoms with Gasteiger partial charge in [0.1, 0.15) is 5.76 Å². The van der Waals surface area contributed by atoms with Crippen molar-refractivity contribution in [2.45, 2.75) is 57.5 Å². The van der Waals surface area contributed by atoms with Crippen LogP contribution in [-0.4, -0.2) is 16.6 Å². The maximum atomic E-state index is 13.0. The lowest BCUT2D eigenvalue weighted by Crippen LogP contribution is -2.20. The van der Waals surface area contributed by atoms with Crippen LogP contribution >= 0.6 is 11.8 Å². The number of carbonyl (C=O) groups is 1. The van der Waals surface area contributed by atoms with Crippen LogP contribution in [0.2, 0.25) is 0 Å².